The van der Waals surface area contributed by atoms with E-state index in [1.807, 2.05) is 59.2 Å². The Balaban J connectivity index is 1.50. The predicted molar refractivity (Wildman–Crippen MR) is 160 cm³/mol. The lowest BCUT2D eigenvalue weighted by Crippen LogP contribution is -2.38. The zero-order valence-corrected chi connectivity index (χ0v) is 26.0. The van der Waals surface area contributed by atoms with Crippen LogP contribution in [-0.4, -0.2) is 54.5 Å². The van der Waals surface area contributed by atoms with Crippen LogP contribution in [0.3, 0.4) is 0 Å². The summed E-state index contributed by atoms with van der Waals surface area (Å²) in [4.78, 5) is 41.2. The van der Waals surface area contributed by atoms with Crippen molar-refractivity contribution in [1.82, 2.24) is 24.7 Å². The summed E-state index contributed by atoms with van der Waals surface area (Å²) in [5, 5.41) is 4.60. The molecular formula is C32H44N6O4. The Labute approximate surface area is 248 Å². The third kappa shape index (κ3) is 8.59. The summed E-state index contributed by atoms with van der Waals surface area (Å²) >= 11 is 0. The Bertz CT molecular complexity index is 1370. The molecule has 0 radical (unpaired) electrons. The van der Waals surface area contributed by atoms with Crippen molar-refractivity contribution in [2.45, 2.75) is 111 Å². The van der Waals surface area contributed by atoms with E-state index >= 15 is 0 Å². The van der Waals surface area contributed by atoms with Gasteiger partial charge in [0.2, 0.25) is 0 Å². The average Bonchev–Trinajstić information content (AvgIpc) is 3.24. The summed E-state index contributed by atoms with van der Waals surface area (Å²) in [6.45, 7) is 13.6. The largest absolute Gasteiger partial charge is 0.460 e. The zero-order chi connectivity index (χ0) is 30.5. The van der Waals surface area contributed by atoms with Gasteiger partial charge in [0.15, 0.2) is 0 Å². The molecule has 10 heteroatoms. The van der Waals surface area contributed by atoms with Gasteiger partial charge >= 0.3 is 12.1 Å². The average molecular weight is 577 g/mol. The number of esters is 1. The van der Waals surface area contributed by atoms with E-state index < -0.39 is 17.2 Å². The Morgan fingerprint density at radius 3 is 2.36 bits per heavy atom. The highest BCUT2D eigenvalue weighted by Crippen LogP contribution is 2.28. The molecule has 1 atom stereocenters. The van der Waals surface area contributed by atoms with Crippen LogP contribution < -0.4 is 4.90 Å². The second kappa shape index (κ2) is 13.0. The van der Waals surface area contributed by atoms with Gasteiger partial charge < -0.3 is 9.47 Å². The molecule has 0 N–H and O–H groups in total. The van der Waals surface area contributed by atoms with Crippen LogP contribution in [0.1, 0.15) is 102 Å². The van der Waals surface area contributed by atoms with E-state index in [1.165, 1.54) is 0 Å². The van der Waals surface area contributed by atoms with Gasteiger partial charge in [-0.05, 0) is 105 Å². The third-order valence-electron chi connectivity index (χ3n) is 6.84. The van der Waals surface area contributed by atoms with Gasteiger partial charge in [0.25, 0.3) is 0 Å². The fraction of sp³-hybridized carbons (Fsp3) is 0.562. The highest BCUT2D eigenvalue weighted by atomic mass is 16.6. The molecule has 4 rings (SSSR count). The van der Waals surface area contributed by atoms with Gasteiger partial charge in [-0.2, -0.15) is 5.10 Å². The second-order valence-corrected chi connectivity index (χ2v) is 12.9. The van der Waals surface area contributed by atoms with Crippen LogP contribution in [-0.2, 0) is 33.5 Å². The molecule has 3 aromatic rings. The summed E-state index contributed by atoms with van der Waals surface area (Å²) in [5.41, 5.74) is 2.63. The number of carbonyl (C=O) groups excluding carboxylic acids is 2. The number of hydrogen-bond acceptors (Lipinski definition) is 8. The van der Waals surface area contributed by atoms with E-state index in [9.17, 15) is 9.59 Å². The summed E-state index contributed by atoms with van der Waals surface area (Å²) in [7, 11) is 0. The summed E-state index contributed by atoms with van der Waals surface area (Å²) in [6, 6.07) is 5.74. The number of fused-ring (bicyclic) bond motifs is 1. The van der Waals surface area contributed by atoms with E-state index in [1.54, 1.807) is 23.5 Å². The lowest BCUT2D eigenvalue weighted by atomic mass is 10.1. The minimum Gasteiger partial charge on any atom is -0.460 e. The number of amides is 1. The molecule has 4 heterocycles. The van der Waals surface area contributed by atoms with Crippen LogP contribution >= 0.6 is 0 Å². The maximum atomic E-state index is 13.0. The van der Waals surface area contributed by atoms with E-state index in [0.717, 1.165) is 61.0 Å². The van der Waals surface area contributed by atoms with Crippen molar-refractivity contribution in [2.75, 3.05) is 11.4 Å². The first-order valence-electron chi connectivity index (χ1n) is 14.8. The molecule has 42 heavy (non-hydrogen) atoms. The first-order chi connectivity index (χ1) is 19.8. The maximum absolute atomic E-state index is 13.0. The van der Waals surface area contributed by atoms with Crippen molar-refractivity contribution >= 4 is 17.9 Å². The molecule has 0 saturated carbocycles. The lowest BCUT2D eigenvalue weighted by molar-refractivity contribution is -0.155. The second-order valence-electron chi connectivity index (χ2n) is 12.9. The van der Waals surface area contributed by atoms with Crippen molar-refractivity contribution < 1.29 is 19.1 Å². The number of ether oxygens (including phenoxy) is 2. The Hall–Kier alpha value is -3.82. The third-order valence-corrected chi connectivity index (χ3v) is 6.84. The maximum Gasteiger partial charge on any atom is 0.416 e. The van der Waals surface area contributed by atoms with Crippen LogP contribution in [0.25, 0.3) is 0 Å². The highest BCUT2D eigenvalue weighted by Gasteiger charge is 2.28. The van der Waals surface area contributed by atoms with E-state index in [4.69, 9.17) is 14.5 Å². The minimum atomic E-state index is -0.585. The Morgan fingerprint density at radius 2 is 1.67 bits per heavy atom. The number of anilines is 1. The van der Waals surface area contributed by atoms with Gasteiger partial charge in [-0.15, -0.1) is 0 Å². The first kappa shape index (κ1) is 31.1. The van der Waals surface area contributed by atoms with Gasteiger partial charge in [0, 0.05) is 42.1 Å². The molecule has 10 nitrogen and oxygen atoms in total. The molecule has 1 aliphatic rings. The van der Waals surface area contributed by atoms with E-state index in [-0.39, 0.29) is 18.5 Å². The Kier molecular flexibility index (Phi) is 9.64. The number of aryl methyl sites for hydroxylation is 4. The summed E-state index contributed by atoms with van der Waals surface area (Å²) in [6.07, 6.45) is 10.1. The van der Waals surface area contributed by atoms with Crippen molar-refractivity contribution in [1.29, 1.82) is 0 Å². The van der Waals surface area contributed by atoms with Crippen LogP contribution in [0.5, 0.6) is 0 Å². The van der Waals surface area contributed by atoms with Crippen LogP contribution in [0.15, 0.2) is 36.8 Å². The minimum absolute atomic E-state index is 0.116. The molecule has 0 fully saturated rings. The van der Waals surface area contributed by atoms with Gasteiger partial charge in [0.05, 0.1) is 12.5 Å². The Morgan fingerprint density at radius 1 is 0.952 bits per heavy atom. The van der Waals surface area contributed by atoms with Crippen molar-refractivity contribution in [3.63, 3.8) is 0 Å². The van der Waals surface area contributed by atoms with Gasteiger partial charge in [-0.1, -0.05) is 6.07 Å². The highest BCUT2D eigenvalue weighted by molar-refractivity contribution is 5.87. The topological polar surface area (TPSA) is 112 Å². The van der Waals surface area contributed by atoms with Crippen molar-refractivity contribution in [3.05, 3.63) is 65.1 Å². The SMILES string of the molecule is Cc1ncc(C(CC(=O)OC(C)(C)C)n2nccc2CCCc2ccc3c(n2)N(C(=O)OC(C)(C)C)CCCC3)cn1. The number of hydrogen-bond donors (Lipinski definition) is 0. The molecular weight excluding hydrogens is 532 g/mol. The molecule has 0 aliphatic carbocycles. The van der Waals surface area contributed by atoms with Gasteiger partial charge in [0.1, 0.15) is 22.8 Å². The van der Waals surface area contributed by atoms with Crippen molar-refractivity contribution in [2.24, 2.45) is 0 Å². The smallest absolute Gasteiger partial charge is 0.416 e. The number of pyridine rings is 1. The summed E-state index contributed by atoms with van der Waals surface area (Å²) < 4.78 is 13.2. The molecule has 0 bridgehead atoms. The zero-order valence-electron chi connectivity index (χ0n) is 26.0. The molecule has 0 saturated heterocycles. The number of rotatable bonds is 8. The van der Waals surface area contributed by atoms with Crippen molar-refractivity contribution in [3.8, 4) is 0 Å². The van der Waals surface area contributed by atoms with Gasteiger partial charge in [-0.25, -0.2) is 19.7 Å². The standard InChI is InChI=1S/C32H44N6O4/c1-22-33-20-24(21-34-22)27(19-28(39)41-31(2,3)4)38-26(16-17-35-38)13-10-12-25-15-14-23-11-8-9-18-37(29(23)36-25)30(40)42-32(5,6)7/h14-17,20-21,27H,8-13,18-19H2,1-7H3. The summed E-state index contributed by atoms with van der Waals surface area (Å²) in [5.74, 6) is 1.06. The fourth-order valence-electron chi connectivity index (χ4n) is 5.00. The number of carbonyl (C=O) groups is 2. The predicted octanol–water partition coefficient (Wildman–Crippen LogP) is 5.95. The number of aromatic nitrogens is 5. The quantitative estimate of drug-likeness (QED) is 0.302. The lowest BCUT2D eigenvalue weighted by Gasteiger charge is -2.27. The molecule has 3 aromatic heterocycles. The molecule has 1 unspecified atom stereocenters. The molecule has 1 aliphatic heterocycles. The number of nitrogens with zero attached hydrogens (tertiary/aromatic N) is 6. The monoisotopic (exact) mass is 576 g/mol. The fourth-order valence-corrected chi connectivity index (χ4v) is 5.00. The van der Waals surface area contributed by atoms with E-state index in [2.05, 4.69) is 27.2 Å². The molecule has 226 valence electrons. The normalized spacial score (nSPS) is 14.6. The van der Waals surface area contributed by atoms with Gasteiger partial charge in [-0.3, -0.25) is 14.4 Å². The van der Waals surface area contributed by atoms with Crippen LogP contribution in [0, 0.1) is 6.92 Å². The molecule has 0 aromatic carbocycles. The van der Waals surface area contributed by atoms with Crippen LogP contribution in [0.2, 0.25) is 0 Å². The molecule has 0 spiro atoms. The first-order valence-corrected chi connectivity index (χ1v) is 14.8. The van der Waals surface area contributed by atoms with E-state index in [0.29, 0.717) is 18.2 Å². The van der Waals surface area contributed by atoms with Crippen LogP contribution in [0.4, 0.5) is 10.6 Å². The molecule has 1 amide bonds.